The summed E-state index contributed by atoms with van der Waals surface area (Å²) in [6.45, 7) is 2.16. The lowest BCUT2D eigenvalue weighted by molar-refractivity contribution is -0.384. The molecule has 146 valence electrons. The molecule has 4 rings (SSSR count). The van der Waals surface area contributed by atoms with Crippen LogP contribution < -0.4 is 11.2 Å². The molecule has 0 saturated heterocycles. The summed E-state index contributed by atoms with van der Waals surface area (Å²) in [7, 11) is 1.33. The van der Waals surface area contributed by atoms with Gasteiger partial charge in [0, 0.05) is 31.3 Å². The Bertz CT molecular complexity index is 1320. The van der Waals surface area contributed by atoms with E-state index in [1.165, 1.54) is 23.9 Å². The third-order valence-electron chi connectivity index (χ3n) is 4.37. The summed E-state index contributed by atoms with van der Waals surface area (Å²) < 4.78 is 8.09. The summed E-state index contributed by atoms with van der Waals surface area (Å²) >= 11 is 0. The van der Waals surface area contributed by atoms with Gasteiger partial charge >= 0.3 is 5.69 Å². The summed E-state index contributed by atoms with van der Waals surface area (Å²) in [5, 5.41) is 15.1. The zero-order valence-corrected chi connectivity index (χ0v) is 15.4. The highest BCUT2D eigenvalue weighted by atomic mass is 16.6. The molecule has 11 nitrogen and oxygen atoms in total. The molecule has 1 aromatic carbocycles. The molecule has 0 spiro atoms. The van der Waals surface area contributed by atoms with Gasteiger partial charge in [0.25, 0.3) is 11.2 Å². The molecule has 11 heteroatoms. The second-order valence-electron chi connectivity index (χ2n) is 6.15. The first-order valence-electron chi connectivity index (χ1n) is 8.60. The topological polar surface area (TPSA) is 139 Å². The minimum atomic E-state index is -0.681. The Hall–Kier alpha value is -4.15. The average molecular weight is 394 g/mol. The van der Waals surface area contributed by atoms with E-state index in [1.54, 1.807) is 31.2 Å². The van der Waals surface area contributed by atoms with Gasteiger partial charge in [0.2, 0.25) is 5.82 Å². The lowest BCUT2D eigenvalue weighted by atomic mass is 10.1. The number of hydrogen-bond donors (Lipinski definition) is 0. The fourth-order valence-electron chi connectivity index (χ4n) is 2.81. The van der Waals surface area contributed by atoms with Gasteiger partial charge in [0.05, 0.1) is 4.92 Å². The van der Waals surface area contributed by atoms with E-state index < -0.39 is 16.2 Å². The number of nitro benzene ring substituents is 1. The van der Waals surface area contributed by atoms with E-state index in [0.29, 0.717) is 23.6 Å². The predicted octanol–water partition coefficient (Wildman–Crippen LogP) is 1.69. The number of furan rings is 1. The highest BCUT2D eigenvalue weighted by Gasteiger charge is 2.21. The van der Waals surface area contributed by atoms with Gasteiger partial charge < -0.3 is 4.42 Å². The SMILES string of the molecule is CCn1nc(-c2ccc(-c3ccc([N+](=O)[O-])cc3)o2)nc2c(=O)n(C)c(=O)nc1-2. The standard InChI is InChI=1S/C18H14N6O5/c1-3-23-16-14(17(25)22(2)18(26)20-16)19-15(21-23)13-9-8-12(29-13)10-4-6-11(7-5-10)24(27)28/h4-9H,3H2,1-2H3. The number of fused-ring (bicyclic) bond motifs is 1. The molecule has 0 N–H and O–H groups in total. The molecule has 3 heterocycles. The first kappa shape index (κ1) is 18.2. The van der Waals surface area contributed by atoms with Gasteiger partial charge in [-0.05, 0) is 31.2 Å². The van der Waals surface area contributed by atoms with Crippen molar-refractivity contribution in [2.45, 2.75) is 13.5 Å². The largest absolute Gasteiger partial charge is 0.453 e. The molecule has 0 bridgehead atoms. The van der Waals surface area contributed by atoms with Crippen LogP contribution in [0, 0.1) is 10.1 Å². The van der Waals surface area contributed by atoms with E-state index >= 15 is 0 Å². The molecule has 0 amide bonds. The van der Waals surface area contributed by atoms with Crippen molar-refractivity contribution in [1.29, 1.82) is 0 Å². The highest BCUT2D eigenvalue weighted by Crippen LogP contribution is 2.28. The van der Waals surface area contributed by atoms with Crippen molar-refractivity contribution in [3.63, 3.8) is 0 Å². The van der Waals surface area contributed by atoms with Gasteiger partial charge in [0.15, 0.2) is 17.3 Å². The third kappa shape index (κ3) is 3.08. The van der Waals surface area contributed by atoms with Crippen LogP contribution >= 0.6 is 0 Å². The Morgan fingerprint density at radius 2 is 1.76 bits per heavy atom. The number of hydrogen-bond acceptors (Lipinski definition) is 8. The Morgan fingerprint density at radius 1 is 1.07 bits per heavy atom. The minimum absolute atomic E-state index is 0.00670. The van der Waals surface area contributed by atoms with Crippen LogP contribution in [0.3, 0.4) is 0 Å². The summed E-state index contributed by atoms with van der Waals surface area (Å²) in [6.07, 6.45) is 0. The number of nitro groups is 1. The molecule has 2 aliphatic heterocycles. The normalized spacial score (nSPS) is 11.1. The van der Waals surface area contributed by atoms with Crippen LogP contribution in [0.15, 0.2) is 50.4 Å². The number of benzene rings is 1. The highest BCUT2D eigenvalue weighted by molar-refractivity contribution is 5.63. The summed E-state index contributed by atoms with van der Waals surface area (Å²) in [5.74, 6) is 1.02. The van der Waals surface area contributed by atoms with Gasteiger partial charge in [-0.15, -0.1) is 5.10 Å². The molecular weight excluding hydrogens is 380 g/mol. The van der Waals surface area contributed by atoms with E-state index in [-0.39, 0.29) is 23.0 Å². The molecular formula is C18H14N6O5. The average Bonchev–Trinajstić information content (AvgIpc) is 3.22. The molecule has 2 aromatic rings. The summed E-state index contributed by atoms with van der Waals surface area (Å²) in [6, 6.07) is 9.22. The van der Waals surface area contributed by atoms with Gasteiger partial charge in [-0.25, -0.2) is 14.5 Å². The van der Waals surface area contributed by atoms with Crippen molar-refractivity contribution in [2.24, 2.45) is 7.05 Å². The quantitative estimate of drug-likeness (QED) is 0.376. The lowest BCUT2D eigenvalue weighted by Gasteiger charge is -2.12. The number of non-ortho nitro benzene ring substituents is 1. The summed E-state index contributed by atoms with van der Waals surface area (Å²) in [5.41, 5.74) is -0.636. The molecule has 2 aliphatic rings. The van der Waals surface area contributed by atoms with Crippen LogP contribution in [0.5, 0.6) is 0 Å². The first-order chi connectivity index (χ1) is 13.9. The van der Waals surface area contributed by atoms with Crippen molar-refractivity contribution in [3.8, 4) is 34.4 Å². The van der Waals surface area contributed by atoms with Gasteiger partial charge in [-0.3, -0.25) is 19.5 Å². The number of rotatable bonds is 4. The van der Waals surface area contributed by atoms with Crippen LogP contribution in [0.25, 0.3) is 34.4 Å². The van der Waals surface area contributed by atoms with Gasteiger partial charge in [-0.1, -0.05) is 0 Å². The van der Waals surface area contributed by atoms with Crippen LogP contribution in [0.1, 0.15) is 6.92 Å². The fraction of sp³-hybridized carbons (Fsp3) is 0.167. The second-order valence-corrected chi connectivity index (χ2v) is 6.15. The zero-order valence-electron chi connectivity index (χ0n) is 15.4. The Labute approximate surface area is 162 Å². The van der Waals surface area contributed by atoms with E-state index in [2.05, 4.69) is 15.1 Å². The van der Waals surface area contributed by atoms with Gasteiger partial charge in [0.1, 0.15) is 5.76 Å². The van der Waals surface area contributed by atoms with E-state index in [4.69, 9.17) is 4.42 Å². The van der Waals surface area contributed by atoms with Crippen molar-refractivity contribution in [3.05, 3.63) is 67.4 Å². The Morgan fingerprint density at radius 3 is 2.41 bits per heavy atom. The number of aromatic nitrogens is 5. The third-order valence-corrected chi connectivity index (χ3v) is 4.37. The van der Waals surface area contributed by atoms with Gasteiger partial charge in [-0.2, -0.15) is 4.98 Å². The van der Waals surface area contributed by atoms with Crippen molar-refractivity contribution in [2.75, 3.05) is 0 Å². The van der Waals surface area contributed by atoms with Crippen LogP contribution in [-0.4, -0.2) is 29.2 Å². The van der Waals surface area contributed by atoms with Crippen LogP contribution in [0.4, 0.5) is 5.69 Å². The molecule has 0 fully saturated rings. The van der Waals surface area contributed by atoms with Crippen molar-refractivity contribution >= 4 is 5.69 Å². The molecule has 1 aromatic heterocycles. The smallest absolute Gasteiger partial charge is 0.352 e. The zero-order chi connectivity index (χ0) is 20.7. The van der Waals surface area contributed by atoms with Crippen molar-refractivity contribution < 1.29 is 9.34 Å². The fourth-order valence-corrected chi connectivity index (χ4v) is 2.81. The molecule has 29 heavy (non-hydrogen) atoms. The number of nitrogens with zero attached hydrogens (tertiary/aromatic N) is 6. The van der Waals surface area contributed by atoms with Crippen LogP contribution in [0.2, 0.25) is 0 Å². The Balaban J connectivity index is 1.82. The van der Waals surface area contributed by atoms with E-state index in [1.807, 2.05) is 0 Å². The maximum Gasteiger partial charge on any atom is 0.352 e. The van der Waals surface area contributed by atoms with E-state index in [0.717, 1.165) is 4.57 Å². The minimum Gasteiger partial charge on any atom is -0.453 e. The van der Waals surface area contributed by atoms with E-state index in [9.17, 15) is 19.7 Å². The maximum atomic E-state index is 12.4. The predicted molar refractivity (Wildman–Crippen MR) is 101 cm³/mol. The first-order valence-corrected chi connectivity index (χ1v) is 8.60. The summed E-state index contributed by atoms with van der Waals surface area (Å²) in [4.78, 5) is 42.7. The molecule has 0 radical (unpaired) electrons. The monoisotopic (exact) mass is 394 g/mol. The number of aryl methyl sites for hydroxylation is 1. The lowest BCUT2D eigenvalue weighted by Crippen LogP contribution is -2.37. The molecule has 0 atom stereocenters. The Kier molecular flexibility index (Phi) is 4.26. The van der Waals surface area contributed by atoms with Crippen LogP contribution in [-0.2, 0) is 13.6 Å². The molecule has 0 saturated carbocycles. The van der Waals surface area contributed by atoms with Crippen molar-refractivity contribution in [1.82, 2.24) is 24.3 Å². The molecule has 0 aliphatic carbocycles. The second kappa shape index (κ2) is 6.78. The maximum absolute atomic E-state index is 12.4. The molecule has 0 unspecified atom stereocenters.